The molecule has 13 aromatic rings. The summed E-state index contributed by atoms with van der Waals surface area (Å²) in [5.41, 5.74) is 18.9. The molecule has 3 heteroatoms. The molecule has 64 heavy (non-hydrogen) atoms. The molecule has 3 nitrogen and oxygen atoms in total. The van der Waals surface area contributed by atoms with Gasteiger partial charge in [0.1, 0.15) is 22.3 Å². The third-order valence-corrected chi connectivity index (χ3v) is 13.9. The van der Waals surface area contributed by atoms with E-state index in [-0.39, 0.29) is 0 Å². The van der Waals surface area contributed by atoms with Gasteiger partial charge in [0.25, 0.3) is 0 Å². The van der Waals surface area contributed by atoms with Gasteiger partial charge >= 0.3 is 0 Å². The highest BCUT2D eigenvalue weighted by atomic mass is 16.3. The van der Waals surface area contributed by atoms with Crippen molar-refractivity contribution < 1.29 is 8.83 Å². The molecular formula is C61H37NO2. The van der Waals surface area contributed by atoms with Crippen LogP contribution in [0, 0.1) is 0 Å². The Morgan fingerprint density at radius 3 is 1.70 bits per heavy atom. The lowest BCUT2D eigenvalue weighted by molar-refractivity contribution is 0.668. The molecule has 0 saturated heterocycles. The Labute approximate surface area is 368 Å². The van der Waals surface area contributed by atoms with Crippen LogP contribution in [0.2, 0.25) is 0 Å². The number of furan rings is 2. The summed E-state index contributed by atoms with van der Waals surface area (Å²) in [4.78, 5) is 0. The van der Waals surface area contributed by atoms with Crippen molar-refractivity contribution in [2.75, 3.05) is 0 Å². The van der Waals surface area contributed by atoms with Crippen molar-refractivity contribution >= 4 is 65.7 Å². The van der Waals surface area contributed by atoms with Gasteiger partial charge in [0.15, 0.2) is 0 Å². The van der Waals surface area contributed by atoms with E-state index >= 15 is 0 Å². The maximum absolute atomic E-state index is 6.73. The van der Waals surface area contributed by atoms with Gasteiger partial charge in [-0.15, -0.1) is 0 Å². The van der Waals surface area contributed by atoms with Crippen LogP contribution >= 0.6 is 0 Å². The predicted molar refractivity (Wildman–Crippen MR) is 264 cm³/mol. The molecule has 0 radical (unpaired) electrons. The van der Waals surface area contributed by atoms with Crippen molar-refractivity contribution in [3.63, 3.8) is 0 Å². The minimum atomic E-state index is -0.456. The lowest BCUT2D eigenvalue weighted by Gasteiger charge is -2.34. The predicted octanol–water partition coefficient (Wildman–Crippen LogP) is 16.3. The minimum absolute atomic E-state index is 0.456. The molecule has 298 valence electrons. The van der Waals surface area contributed by atoms with E-state index in [1.165, 1.54) is 66.4 Å². The lowest BCUT2D eigenvalue weighted by atomic mass is 9.67. The van der Waals surface area contributed by atoms with Crippen molar-refractivity contribution in [2.24, 2.45) is 0 Å². The van der Waals surface area contributed by atoms with E-state index in [1.807, 2.05) is 12.1 Å². The van der Waals surface area contributed by atoms with Crippen LogP contribution in [0.15, 0.2) is 233 Å². The van der Waals surface area contributed by atoms with E-state index in [0.717, 1.165) is 60.6 Å². The van der Waals surface area contributed by atoms with Gasteiger partial charge in [-0.3, -0.25) is 0 Å². The van der Waals surface area contributed by atoms with Crippen LogP contribution in [0.5, 0.6) is 0 Å². The zero-order valence-corrected chi connectivity index (χ0v) is 34.6. The fraction of sp³-hybridized carbons (Fsp3) is 0.0164. The van der Waals surface area contributed by atoms with E-state index in [0.29, 0.717) is 0 Å². The van der Waals surface area contributed by atoms with E-state index in [1.54, 1.807) is 0 Å². The standard InChI is InChI=1S/C61H37NO2/c1-3-14-41(15-4-1)61(42-16-5-2-6-17-42)52-22-10-7-20-48(52)60-44(21-13-23-53(60)61)40-26-30-47-51-37-43(29-33-58(51)64-59(47)36-40)62-54-24-11-8-18-45(54)49-34-38(27-31-55(49)62)39-28-32-57-50(35-39)46-19-9-12-25-56(46)63-57/h1-37H. The molecule has 14 rings (SSSR count). The Kier molecular flexibility index (Phi) is 7.32. The van der Waals surface area contributed by atoms with Crippen molar-refractivity contribution in [1.82, 2.24) is 4.57 Å². The van der Waals surface area contributed by atoms with Crippen LogP contribution < -0.4 is 0 Å². The summed E-state index contributed by atoms with van der Waals surface area (Å²) < 4.78 is 15.3. The van der Waals surface area contributed by atoms with Gasteiger partial charge in [0, 0.05) is 38.0 Å². The smallest absolute Gasteiger partial charge is 0.136 e. The molecule has 0 bridgehead atoms. The monoisotopic (exact) mass is 815 g/mol. The van der Waals surface area contributed by atoms with Crippen LogP contribution in [0.25, 0.3) is 105 Å². The number of rotatable bonds is 5. The summed E-state index contributed by atoms with van der Waals surface area (Å²) in [6.45, 7) is 0. The number of aromatic nitrogens is 1. The second-order valence-corrected chi connectivity index (χ2v) is 17.1. The first-order chi connectivity index (χ1) is 31.7. The van der Waals surface area contributed by atoms with Gasteiger partial charge in [-0.2, -0.15) is 0 Å². The zero-order valence-electron chi connectivity index (χ0n) is 34.6. The van der Waals surface area contributed by atoms with Crippen molar-refractivity contribution in [2.45, 2.75) is 5.41 Å². The van der Waals surface area contributed by atoms with Crippen LogP contribution in [-0.4, -0.2) is 4.57 Å². The topological polar surface area (TPSA) is 31.2 Å². The van der Waals surface area contributed by atoms with E-state index in [4.69, 9.17) is 8.83 Å². The molecule has 3 aromatic heterocycles. The van der Waals surface area contributed by atoms with Crippen LogP contribution in [0.4, 0.5) is 0 Å². The molecule has 0 aliphatic heterocycles. The summed E-state index contributed by atoms with van der Waals surface area (Å²) in [7, 11) is 0. The van der Waals surface area contributed by atoms with Gasteiger partial charge < -0.3 is 13.4 Å². The van der Waals surface area contributed by atoms with E-state index in [2.05, 4.69) is 217 Å². The Hall–Kier alpha value is -8.40. The molecule has 1 aliphatic rings. The minimum Gasteiger partial charge on any atom is -0.456 e. The third-order valence-electron chi connectivity index (χ3n) is 13.9. The Morgan fingerprint density at radius 2 is 0.875 bits per heavy atom. The molecule has 0 atom stereocenters. The van der Waals surface area contributed by atoms with Crippen molar-refractivity contribution in [3.05, 3.63) is 247 Å². The number of hydrogen-bond acceptors (Lipinski definition) is 2. The quantitative estimate of drug-likeness (QED) is 0.173. The second-order valence-electron chi connectivity index (χ2n) is 17.1. The normalized spacial score (nSPS) is 13.1. The molecule has 10 aromatic carbocycles. The van der Waals surface area contributed by atoms with Crippen LogP contribution in [0.1, 0.15) is 22.3 Å². The molecular weight excluding hydrogens is 779 g/mol. The molecule has 0 unspecified atom stereocenters. The summed E-state index contributed by atoms with van der Waals surface area (Å²) in [5, 5.41) is 6.90. The van der Waals surface area contributed by atoms with E-state index in [9.17, 15) is 0 Å². The summed E-state index contributed by atoms with van der Waals surface area (Å²) >= 11 is 0. The summed E-state index contributed by atoms with van der Waals surface area (Å²) in [6, 6.07) is 81.5. The molecule has 0 spiro atoms. The fourth-order valence-corrected chi connectivity index (χ4v) is 11.1. The number of para-hydroxylation sites is 2. The van der Waals surface area contributed by atoms with Gasteiger partial charge in [-0.1, -0.05) is 158 Å². The average Bonchev–Trinajstić information content (AvgIpc) is 4.10. The molecule has 1 aliphatic carbocycles. The van der Waals surface area contributed by atoms with Crippen LogP contribution in [-0.2, 0) is 5.41 Å². The fourth-order valence-electron chi connectivity index (χ4n) is 11.1. The Bertz CT molecular complexity index is 3980. The molecule has 0 N–H and O–H groups in total. The van der Waals surface area contributed by atoms with Crippen LogP contribution in [0.3, 0.4) is 0 Å². The lowest BCUT2D eigenvalue weighted by Crippen LogP contribution is -2.28. The number of nitrogens with zero attached hydrogens (tertiary/aromatic N) is 1. The molecule has 0 amide bonds. The highest BCUT2D eigenvalue weighted by molar-refractivity contribution is 6.13. The van der Waals surface area contributed by atoms with Crippen molar-refractivity contribution in [1.29, 1.82) is 0 Å². The number of hydrogen-bond donors (Lipinski definition) is 0. The first-order valence-electron chi connectivity index (χ1n) is 22.0. The highest BCUT2D eigenvalue weighted by Gasteiger charge is 2.46. The summed E-state index contributed by atoms with van der Waals surface area (Å²) in [5.74, 6) is 0. The largest absolute Gasteiger partial charge is 0.456 e. The van der Waals surface area contributed by atoms with Crippen molar-refractivity contribution in [3.8, 4) is 39.1 Å². The first kappa shape index (κ1) is 35.2. The maximum Gasteiger partial charge on any atom is 0.136 e. The van der Waals surface area contributed by atoms with E-state index < -0.39 is 5.41 Å². The first-order valence-corrected chi connectivity index (χ1v) is 22.0. The SMILES string of the molecule is c1ccc(C2(c3ccccc3)c3ccccc3-c3c(-c4ccc5c(c4)oc4ccc(-n6c7ccccc7c7cc(-c8ccc9oc%10ccccc%10c9c8)ccc76)cc45)cccc32)cc1. The Morgan fingerprint density at radius 1 is 0.312 bits per heavy atom. The van der Waals surface area contributed by atoms with Gasteiger partial charge in [0.05, 0.1) is 16.4 Å². The zero-order chi connectivity index (χ0) is 41.9. The third kappa shape index (κ3) is 4.86. The Balaban J connectivity index is 0.901. The summed E-state index contributed by atoms with van der Waals surface area (Å²) in [6.07, 6.45) is 0. The highest BCUT2D eigenvalue weighted by Crippen LogP contribution is 2.58. The second kappa shape index (κ2) is 13.3. The van der Waals surface area contributed by atoms with Gasteiger partial charge in [-0.05, 0) is 122 Å². The number of fused-ring (bicyclic) bond motifs is 12. The average molecular weight is 816 g/mol. The molecule has 0 fully saturated rings. The molecule has 0 saturated carbocycles. The molecule has 3 heterocycles. The van der Waals surface area contributed by atoms with Gasteiger partial charge in [0.2, 0.25) is 0 Å². The number of benzene rings is 10. The maximum atomic E-state index is 6.73. The van der Waals surface area contributed by atoms with Gasteiger partial charge in [-0.25, -0.2) is 0 Å².